The second-order valence-corrected chi connectivity index (χ2v) is 6.08. The van der Waals surface area contributed by atoms with E-state index in [2.05, 4.69) is 31.4 Å². The summed E-state index contributed by atoms with van der Waals surface area (Å²) in [6.45, 7) is 1.91. The molecule has 1 heterocycles. The standard InChI is InChI=1S/C11H9BrClN3OS/c1-6(7-2-4-8(12)5-3-7)14-9(17)10-15-16-11(13)18-10/h2-6H,1H3,(H,14,17)/t6-/m1/s1. The highest BCUT2D eigenvalue weighted by Crippen LogP contribution is 2.18. The number of rotatable bonds is 3. The van der Waals surface area contributed by atoms with Crippen LogP contribution in [0.4, 0.5) is 0 Å². The molecule has 0 aliphatic rings. The van der Waals surface area contributed by atoms with E-state index < -0.39 is 0 Å². The molecule has 0 aliphatic carbocycles. The van der Waals surface area contributed by atoms with Gasteiger partial charge in [0, 0.05) is 4.47 Å². The van der Waals surface area contributed by atoms with Gasteiger partial charge in [0.1, 0.15) is 0 Å². The highest BCUT2D eigenvalue weighted by Gasteiger charge is 2.15. The third-order valence-electron chi connectivity index (χ3n) is 2.31. The third kappa shape index (κ3) is 3.28. The summed E-state index contributed by atoms with van der Waals surface area (Å²) in [5.74, 6) is -0.269. The zero-order valence-electron chi connectivity index (χ0n) is 9.35. The maximum Gasteiger partial charge on any atom is 0.282 e. The average molecular weight is 347 g/mol. The summed E-state index contributed by atoms with van der Waals surface area (Å²) in [7, 11) is 0. The molecule has 2 aromatic rings. The SMILES string of the molecule is C[C@@H](NC(=O)c1nnc(Cl)s1)c1ccc(Br)cc1. The van der Waals surface area contributed by atoms with E-state index in [1.165, 1.54) is 0 Å². The van der Waals surface area contributed by atoms with Crippen LogP contribution in [-0.4, -0.2) is 16.1 Å². The molecular weight excluding hydrogens is 338 g/mol. The Labute approximate surface area is 122 Å². The van der Waals surface area contributed by atoms with E-state index >= 15 is 0 Å². The van der Waals surface area contributed by atoms with Gasteiger partial charge in [-0.25, -0.2) is 0 Å². The average Bonchev–Trinajstić information content (AvgIpc) is 2.76. The number of nitrogens with one attached hydrogen (secondary N) is 1. The molecule has 4 nitrogen and oxygen atoms in total. The molecule has 7 heteroatoms. The van der Waals surface area contributed by atoms with E-state index in [1.54, 1.807) is 0 Å². The van der Waals surface area contributed by atoms with Crippen LogP contribution in [0, 0.1) is 0 Å². The fraction of sp³-hybridized carbons (Fsp3) is 0.182. The first-order valence-corrected chi connectivity index (χ1v) is 7.10. The second kappa shape index (κ2) is 5.77. The minimum atomic E-state index is -0.269. The van der Waals surface area contributed by atoms with Gasteiger partial charge < -0.3 is 5.32 Å². The van der Waals surface area contributed by atoms with Crippen molar-refractivity contribution in [3.8, 4) is 0 Å². The Morgan fingerprint density at radius 1 is 1.39 bits per heavy atom. The van der Waals surface area contributed by atoms with Gasteiger partial charge in [-0.3, -0.25) is 4.79 Å². The fourth-order valence-corrected chi connectivity index (χ4v) is 2.39. The summed E-state index contributed by atoms with van der Waals surface area (Å²) in [4.78, 5) is 11.8. The summed E-state index contributed by atoms with van der Waals surface area (Å²) in [6.07, 6.45) is 0. The van der Waals surface area contributed by atoms with Crippen LogP contribution in [0.2, 0.25) is 4.47 Å². The number of amides is 1. The molecule has 0 spiro atoms. The molecule has 0 bridgehead atoms. The molecular formula is C11H9BrClN3OS. The smallest absolute Gasteiger partial charge is 0.282 e. The molecule has 1 atom stereocenters. The van der Waals surface area contributed by atoms with Crippen LogP contribution in [0.5, 0.6) is 0 Å². The molecule has 18 heavy (non-hydrogen) atoms. The molecule has 1 aromatic carbocycles. The topological polar surface area (TPSA) is 54.9 Å². The highest BCUT2D eigenvalue weighted by molar-refractivity contribution is 9.10. The van der Waals surface area contributed by atoms with Gasteiger partial charge in [-0.2, -0.15) is 0 Å². The lowest BCUT2D eigenvalue weighted by Crippen LogP contribution is -2.26. The summed E-state index contributed by atoms with van der Waals surface area (Å²) >= 11 is 10.1. The third-order valence-corrected chi connectivity index (χ3v) is 3.86. The predicted molar refractivity (Wildman–Crippen MR) is 74.9 cm³/mol. The second-order valence-electron chi connectivity index (χ2n) is 3.61. The number of aromatic nitrogens is 2. The lowest BCUT2D eigenvalue weighted by Gasteiger charge is -2.13. The Bertz CT molecular complexity index is 558. The summed E-state index contributed by atoms with van der Waals surface area (Å²) in [5, 5.41) is 10.4. The van der Waals surface area contributed by atoms with Crippen LogP contribution in [0.25, 0.3) is 0 Å². The van der Waals surface area contributed by atoms with E-state index in [0.717, 1.165) is 21.4 Å². The first-order valence-electron chi connectivity index (χ1n) is 5.11. The molecule has 2 rings (SSSR count). The molecule has 94 valence electrons. The van der Waals surface area contributed by atoms with Gasteiger partial charge in [-0.05, 0) is 36.2 Å². The van der Waals surface area contributed by atoms with Gasteiger partial charge in [0.25, 0.3) is 5.91 Å². The number of halogens is 2. The Morgan fingerprint density at radius 2 is 2.06 bits per heavy atom. The summed E-state index contributed by atoms with van der Waals surface area (Å²) < 4.78 is 1.26. The van der Waals surface area contributed by atoms with Crippen molar-refractivity contribution in [3.63, 3.8) is 0 Å². The maximum atomic E-state index is 11.8. The molecule has 0 aliphatic heterocycles. The molecule has 1 aromatic heterocycles. The van der Waals surface area contributed by atoms with Gasteiger partial charge >= 0.3 is 0 Å². The molecule has 0 fully saturated rings. The van der Waals surface area contributed by atoms with Gasteiger partial charge in [-0.1, -0.05) is 39.4 Å². The normalized spacial score (nSPS) is 12.2. The lowest BCUT2D eigenvalue weighted by molar-refractivity contribution is 0.0939. The van der Waals surface area contributed by atoms with Crippen molar-refractivity contribution >= 4 is 44.8 Å². The van der Waals surface area contributed by atoms with Crippen molar-refractivity contribution in [2.45, 2.75) is 13.0 Å². The molecule has 0 unspecified atom stereocenters. The number of carbonyl (C=O) groups is 1. The number of benzene rings is 1. The summed E-state index contributed by atoms with van der Waals surface area (Å²) in [5.41, 5.74) is 1.02. The number of hydrogen-bond acceptors (Lipinski definition) is 4. The Kier molecular flexibility index (Phi) is 4.31. The quantitative estimate of drug-likeness (QED) is 0.926. The van der Waals surface area contributed by atoms with E-state index in [0.29, 0.717) is 0 Å². The molecule has 1 N–H and O–H groups in total. The van der Waals surface area contributed by atoms with E-state index in [1.807, 2.05) is 31.2 Å². The van der Waals surface area contributed by atoms with Crippen LogP contribution < -0.4 is 5.32 Å². The van der Waals surface area contributed by atoms with Crippen LogP contribution in [-0.2, 0) is 0 Å². The van der Waals surface area contributed by atoms with Crippen molar-refractivity contribution in [1.82, 2.24) is 15.5 Å². The molecule has 0 radical (unpaired) electrons. The first kappa shape index (κ1) is 13.5. The zero-order chi connectivity index (χ0) is 13.1. The Morgan fingerprint density at radius 3 is 2.61 bits per heavy atom. The Hall–Kier alpha value is -0.980. The highest BCUT2D eigenvalue weighted by atomic mass is 79.9. The maximum absolute atomic E-state index is 11.8. The number of hydrogen-bond donors (Lipinski definition) is 1. The van der Waals surface area contributed by atoms with Crippen LogP contribution >= 0.6 is 38.9 Å². The number of carbonyl (C=O) groups excluding carboxylic acids is 1. The minimum absolute atomic E-state index is 0.103. The van der Waals surface area contributed by atoms with E-state index in [4.69, 9.17) is 11.6 Å². The van der Waals surface area contributed by atoms with Crippen LogP contribution in [0.3, 0.4) is 0 Å². The first-order chi connectivity index (χ1) is 8.56. The van der Waals surface area contributed by atoms with E-state index in [9.17, 15) is 4.79 Å². The predicted octanol–water partition coefficient (Wildman–Crippen LogP) is 3.45. The van der Waals surface area contributed by atoms with Crippen molar-refractivity contribution in [1.29, 1.82) is 0 Å². The molecule has 0 saturated heterocycles. The van der Waals surface area contributed by atoms with Crippen LogP contribution in [0.1, 0.15) is 28.3 Å². The Balaban J connectivity index is 2.05. The largest absolute Gasteiger partial charge is 0.343 e. The van der Waals surface area contributed by atoms with Crippen LogP contribution in [0.15, 0.2) is 28.7 Å². The van der Waals surface area contributed by atoms with Gasteiger partial charge in [-0.15, -0.1) is 10.2 Å². The lowest BCUT2D eigenvalue weighted by atomic mass is 10.1. The number of nitrogens with zero attached hydrogens (tertiary/aromatic N) is 2. The molecule has 1 amide bonds. The van der Waals surface area contributed by atoms with Gasteiger partial charge in [0.05, 0.1) is 6.04 Å². The van der Waals surface area contributed by atoms with Crippen molar-refractivity contribution in [3.05, 3.63) is 43.8 Å². The fourth-order valence-electron chi connectivity index (χ4n) is 1.39. The zero-order valence-corrected chi connectivity index (χ0v) is 12.5. The van der Waals surface area contributed by atoms with Crippen molar-refractivity contribution < 1.29 is 4.79 Å². The van der Waals surface area contributed by atoms with Gasteiger partial charge in [0.15, 0.2) is 0 Å². The minimum Gasteiger partial charge on any atom is -0.343 e. The van der Waals surface area contributed by atoms with Crippen molar-refractivity contribution in [2.75, 3.05) is 0 Å². The van der Waals surface area contributed by atoms with E-state index in [-0.39, 0.29) is 21.4 Å². The molecule has 0 saturated carbocycles. The monoisotopic (exact) mass is 345 g/mol. The summed E-state index contributed by atoms with van der Waals surface area (Å²) in [6, 6.07) is 7.65. The van der Waals surface area contributed by atoms with Gasteiger partial charge in [0.2, 0.25) is 9.47 Å². The van der Waals surface area contributed by atoms with Crippen molar-refractivity contribution in [2.24, 2.45) is 0 Å².